The number of hydrogen-bond acceptors (Lipinski definition) is 5. The molecule has 1 unspecified atom stereocenters. The summed E-state index contributed by atoms with van der Waals surface area (Å²) >= 11 is 6.07. The second-order valence-electron chi connectivity index (χ2n) is 8.56. The Morgan fingerprint density at radius 3 is 2.19 bits per heavy atom. The molecule has 1 atom stereocenters. The van der Waals surface area contributed by atoms with Gasteiger partial charge >= 0.3 is 0 Å². The molecule has 0 saturated carbocycles. The Balaban J connectivity index is 1.27. The van der Waals surface area contributed by atoms with E-state index in [0.717, 1.165) is 12.8 Å². The van der Waals surface area contributed by atoms with Crippen LogP contribution in [0.25, 0.3) is 0 Å². The van der Waals surface area contributed by atoms with Crippen molar-refractivity contribution in [2.45, 2.75) is 31.8 Å². The molecule has 9 heteroatoms. The van der Waals surface area contributed by atoms with Crippen molar-refractivity contribution in [1.82, 2.24) is 14.7 Å². The number of carbonyl (C=O) groups is 3. The minimum atomic E-state index is -0.308. The van der Waals surface area contributed by atoms with Crippen LogP contribution in [0.15, 0.2) is 18.2 Å². The Morgan fingerprint density at radius 1 is 0.938 bits per heavy atom. The van der Waals surface area contributed by atoms with Gasteiger partial charge in [-0.2, -0.15) is 0 Å². The number of carbonyl (C=O) groups excluding carboxylic acids is 3. The van der Waals surface area contributed by atoms with Gasteiger partial charge < -0.3 is 24.2 Å². The molecule has 1 aromatic carbocycles. The van der Waals surface area contributed by atoms with Crippen LogP contribution in [0, 0.1) is 5.92 Å². The van der Waals surface area contributed by atoms with E-state index in [4.69, 9.17) is 21.1 Å². The summed E-state index contributed by atoms with van der Waals surface area (Å²) in [5, 5.41) is 0.483. The number of ether oxygens (including phenoxy) is 2. The first-order chi connectivity index (χ1) is 15.5. The summed E-state index contributed by atoms with van der Waals surface area (Å²) in [5.74, 6) is 0.449. The van der Waals surface area contributed by atoms with E-state index < -0.39 is 0 Å². The first kappa shape index (κ1) is 22.9. The second-order valence-corrected chi connectivity index (χ2v) is 9.00. The third kappa shape index (κ3) is 4.86. The molecular formula is C23H30ClN3O5. The standard InChI is InChI=1S/C23H30ClN3O5/c1-31-19-5-4-17(24)15-18(19)22(29)25-8-6-16(7-9-25)21(28)26-10-12-27(13-11-26)23(30)20-3-2-14-32-20/h4-5,15-16,20H,2-3,6-14H2,1H3. The van der Waals surface area contributed by atoms with E-state index >= 15 is 0 Å². The first-order valence-corrected chi connectivity index (χ1v) is 11.7. The monoisotopic (exact) mass is 463 g/mol. The van der Waals surface area contributed by atoms with Crippen LogP contribution in [-0.2, 0) is 14.3 Å². The van der Waals surface area contributed by atoms with Crippen molar-refractivity contribution >= 4 is 29.3 Å². The number of methoxy groups -OCH3 is 1. The maximum Gasteiger partial charge on any atom is 0.257 e. The van der Waals surface area contributed by atoms with Gasteiger partial charge in [-0.05, 0) is 43.9 Å². The maximum absolute atomic E-state index is 13.0. The normalized spacial score (nSPS) is 22.2. The fraction of sp³-hybridized carbons (Fsp3) is 0.609. The third-order valence-corrected chi connectivity index (χ3v) is 6.87. The summed E-state index contributed by atoms with van der Waals surface area (Å²) in [6.45, 7) is 3.89. The van der Waals surface area contributed by atoms with Crippen LogP contribution in [0.4, 0.5) is 0 Å². The van der Waals surface area contributed by atoms with Crippen molar-refractivity contribution in [2.75, 3.05) is 53.0 Å². The topological polar surface area (TPSA) is 79.4 Å². The summed E-state index contributed by atoms with van der Waals surface area (Å²) in [4.78, 5) is 43.9. The number of piperidine rings is 1. The molecule has 0 spiro atoms. The van der Waals surface area contributed by atoms with E-state index in [-0.39, 0.29) is 29.7 Å². The lowest BCUT2D eigenvalue weighted by atomic mass is 9.94. The average molecular weight is 464 g/mol. The van der Waals surface area contributed by atoms with Gasteiger partial charge in [-0.3, -0.25) is 14.4 Å². The zero-order valence-electron chi connectivity index (χ0n) is 18.4. The summed E-state index contributed by atoms with van der Waals surface area (Å²) < 4.78 is 10.8. The molecule has 3 heterocycles. The Bertz CT molecular complexity index is 857. The van der Waals surface area contributed by atoms with Crippen molar-refractivity contribution in [1.29, 1.82) is 0 Å². The van der Waals surface area contributed by atoms with Gasteiger partial charge in [0.2, 0.25) is 5.91 Å². The summed E-state index contributed by atoms with van der Waals surface area (Å²) in [5.41, 5.74) is 0.441. The predicted octanol–water partition coefficient (Wildman–Crippen LogP) is 2.05. The lowest BCUT2D eigenvalue weighted by molar-refractivity contribution is -0.147. The van der Waals surface area contributed by atoms with E-state index in [1.165, 1.54) is 7.11 Å². The van der Waals surface area contributed by atoms with Crippen LogP contribution in [0.2, 0.25) is 5.02 Å². The Morgan fingerprint density at radius 2 is 1.59 bits per heavy atom. The molecule has 0 radical (unpaired) electrons. The van der Waals surface area contributed by atoms with Crippen molar-refractivity contribution in [3.05, 3.63) is 28.8 Å². The van der Waals surface area contributed by atoms with Crippen LogP contribution < -0.4 is 4.74 Å². The molecule has 0 aromatic heterocycles. The van der Waals surface area contributed by atoms with Gasteiger partial charge in [0.05, 0.1) is 12.7 Å². The number of rotatable bonds is 4. The molecule has 8 nitrogen and oxygen atoms in total. The van der Waals surface area contributed by atoms with Crippen LogP contribution >= 0.6 is 11.6 Å². The minimum absolute atomic E-state index is 0.0536. The van der Waals surface area contributed by atoms with Crippen LogP contribution in [0.3, 0.4) is 0 Å². The molecule has 174 valence electrons. The largest absolute Gasteiger partial charge is 0.496 e. The highest BCUT2D eigenvalue weighted by molar-refractivity contribution is 6.31. The Kier molecular flexibility index (Phi) is 7.20. The number of piperazine rings is 1. The zero-order chi connectivity index (χ0) is 22.7. The predicted molar refractivity (Wildman–Crippen MR) is 119 cm³/mol. The molecule has 3 amide bonds. The van der Waals surface area contributed by atoms with Gasteiger partial charge in [-0.25, -0.2) is 0 Å². The van der Waals surface area contributed by atoms with E-state index in [0.29, 0.717) is 75.1 Å². The average Bonchev–Trinajstić information content (AvgIpc) is 3.38. The SMILES string of the molecule is COc1ccc(Cl)cc1C(=O)N1CCC(C(=O)N2CCN(C(=O)C3CCCO3)CC2)CC1. The van der Waals surface area contributed by atoms with Gasteiger partial charge in [0.1, 0.15) is 11.9 Å². The van der Waals surface area contributed by atoms with Gasteiger partial charge in [0.25, 0.3) is 11.8 Å². The number of halogens is 1. The minimum Gasteiger partial charge on any atom is -0.496 e. The molecule has 3 saturated heterocycles. The number of benzene rings is 1. The van der Waals surface area contributed by atoms with Crippen LogP contribution in [0.5, 0.6) is 5.75 Å². The van der Waals surface area contributed by atoms with Crippen molar-refractivity contribution in [3.63, 3.8) is 0 Å². The van der Waals surface area contributed by atoms with Crippen molar-refractivity contribution in [2.24, 2.45) is 5.92 Å². The molecule has 0 N–H and O–H groups in total. The zero-order valence-corrected chi connectivity index (χ0v) is 19.2. The van der Waals surface area contributed by atoms with E-state index in [9.17, 15) is 14.4 Å². The molecular weight excluding hydrogens is 434 g/mol. The van der Waals surface area contributed by atoms with Crippen molar-refractivity contribution < 1.29 is 23.9 Å². The number of likely N-dealkylation sites (tertiary alicyclic amines) is 1. The highest BCUT2D eigenvalue weighted by Gasteiger charge is 2.35. The van der Waals surface area contributed by atoms with E-state index in [1.807, 2.05) is 9.80 Å². The summed E-state index contributed by atoms with van der Waals surface area (Å²) in [6, 6.07) is 5.00. The quantitative estimate of drug-likeness (QED) is 0.682. The fourth-order valence-corrected chi connectivity index (χ4v) is 4.90. The molecule has 4 rings (SSSR count). The van der Waals surface area contributed by atoms with Gasteiger partial charge in [-0.15, -0.1) is 0 Å². The Hall–Kier alpha value is -2.32. The second kappa shape index (κ2) is 10.1. The fourth-order valence-electron chi connectivity index (χ4n) is 4.73. The van der Waals surface area contributed by atoms with Crippen LogP contribution in [-0.4, -0.2) is 91.5 Å². The van der Waals surface area contributed by atoms with E-state index in [1.54, 1.807) is 23.1 Å². The number of hydrogen-bond donors (Lipinski definition) is 0. The molecule has 1 aromatic rings. The highest BCUT2D eigenvalue weighted by Crippen LogP contribution is 2.27. The smallest absolute Gasteiger partial charge is 0.257 e. The highest BCUT2D eigenvalue weighted by atomic mass is 35.5. The lowest BCUT2D eigenvalue weighted by Crippen LogP contribution is -2.54. The molecule has 0 aliphatic carbocycles. The van der Waals surface area contributed by atoms with Crippen molar-refractivity contribution in [3.8, 4) is 5.75 Å². The number of nitrogens with zero attached hydrogens (tertiary/aromatic N) is 3. The molecule has 3 aliphatic rings. The lowest BCUT2D eigenvalue weighted by Gasteiger charge is -2.39. The van der Waals surface area contributed by atoms with Gasteiger partial charge in [0, 0.05) is 56.8 Å². The van der Waals surface area contributed by atoms with Gasteiger partial charge in [0.15, 0.2) is 0 Å². The molecule has 3 fully saturated rings. The Labute approximate surface area is 193 Å². The number of amides is 3. The van der Waals surface area contributed by atoms with Crippen LogP contribution in [0.1, 0.15) is 36.0 Å². The molecule has 3 aliphatic heterocycles. The molecule has 0 bridgehead atoms. The summed E-state index contributed by atoms with van der Waals surface area (Å²) in [7, 11) is 1.53. The first-order valence-electron chi connectivity index (χ1n) is 11.3. The van der Waals surface area contributed by atoms with E-state index in [2.05, 4.69) is 0 Å². The molecule has 32 heavy (non-hydrogen) atoms. The maximum atomic E-state index is 13.0. The summed E-state index contributed by atoms with van der Waals surface area (Å²) in [6.07, 6.45) is 2.67. The third-order valence-electron chi connectivity index (χ3n) is 6.63. The van der Waals surface area contributed by atoms with Gasteiger partial charge in [-0.1, -0.05) is 11.6 Å².